The Kier molecular flexibility index (Phi) is 4.16. The van der Waals surface area contributed by atoms with Gasteiger partial charge in [0.05, 0.1) is 10.6 Å². The predicted molar refractivity (Wildman–Crippen MR) is 91.4 cm³/mol. The maximum Gasteiger partial charge on any atom is 0.216 e. The van der Waals surface area contributed by atoms with Crippen LogP contribution in [0.3, 0.4) is 0 Å². The summed E-state index contributed by atoms with van der Waals surface area (Å²) in [6.07, 6.45) is 0. The Labute approximate surface area is 137 Å². The van der Waals surface area contributed by atoms with E-state index in [0.717, 1.165) is 9.90 Å². The number of hydrogen-bond donors (Lipinski definition) is 2. The molecule has 0 amide bonds. The second kappa shape index (κ2) is 5.94. The average Bonchev–Trinajstić information content (AvgIpc) is 2.91. The molecule has 0 atom stereocenters. The zero-order valence-corrected chi connectivity index (χ0v) is 14.5. The highest BCUT2D eigenvalue weighted by Gasteiger charge is 2.25. The number of benzene rings is 1. The third-order valence-corrected chi connectivity index (χ3v) is 7.20. The maximum absolute atomic E-state index is 12.6. The lowest BCUT2D eigenvalue weighted by atomic mass is 10.4. The SMILES string of the molecule is CC(C)NC1=NSc2sc(S(=O)(=O)c3ccccc3)cc2N1. The molecule has 8 heteroatoms. The van der Waals surface area contributed by atoms with E-state index < -0.39 is 9.84 Å². The molecule has 0 unspecified atom stereocenters. The van der Waals surface area contributed by atoms with Crippen LogP contribution in [0, 0.1) is 0 Å². The van der Waals surface area contributed by atoms with Crippen molar-refractivity contribution in [3.63, 3.8) is 0 Å². The van der Waals surface area contributed by atoms with Gasteiger partial charge in [-0.25, -0.2) is 8.42 Å². The first-order valence-corrected chi connectivity index (χ1v) is 9.76. The molecule has 2 N–H and O–H groups in total. The number of hydrogen-bond acceptors (Lipinski definition) is 7. The molecule has 2 aromatic rings. The second-order valence-electron chi connectivity index (χ2n) is 5.04. The van der Waals surface area contributed by atoms with Gasteiger partial charge in [0.15, 0.2) is 0 Å². The summed E-state index contributed by atoms with van der Waals surface area (Å²) in [5.74, 6) is 0.647. The van der Waals surface area contributed by atoms with Crippen molar-refractivity contribution in [3.8, 4) is 0 Å². The Hall–Kier alpha value is -1.51. The highest BCUT2D eigenvalue weighted by Crippen LogP contribution is 2.42. The fourth-order valence-electron chi connectivity index (χ4n) is 1.93. The Bertz CT molecular complexity index is 811. The van der Waals surface area contributed by atoms with Crippen molar-refractivity contribution < 1.29 is 8.42 Å². The normalized spacial score (nSPS) is 14.2. The third-order valence-electron chi connectivity index (χ3n) is 2.89. The monoisotopic (exact) mass is 353 g/mol. The fourth-order valence-corrected chi connectivity index (χ4v) is 5.68. The first-order valence-electron chi connectivity index (χ1n) is 6.69. The van der Waals surface area contributed by atoms with Gasteiger partial charge >= 0.3 is 0 Å². The van der Waals surface area contributed by atoms with Crippen molar-refractivity contribution in [2.24, 2.45) is 4.40 Å². The van der Waals surface area contributed by atoms with Gasteiger partial charge in [-0.15, -0.1) is 11.3 Å². The first-order chi connectivity index (χ1) is 10.5. The van der Waals surface area contributed by atoms with Crippen LogP contribution in [0.2, 0.25) is 0 Å². The minimum absolute atomic E-state index is 0.250. The lowest BCUT2D eigenvalue weighted by Crippen LogP contribution is -2.36. The molecule has 0 spiro atoms. The van der Waals surface area contributed by atoms with Gasteiger partial charge < -0.3 is 10.6 Å². The van der Waals surface area contributed by atoms with Gasteiger partial charge in [0.2, 0.25) is 15.8 Å². The van der Waals surface area contributed by atoms with Crippen molar-refractivity contribution in [1.29, 1.82) is 0 Å². The van der Waals surface area contributed by atoms with Gasteiger partial charge in [-0.3, -0.25) is 0 Å². The maximum atomic E-state index is 12.6. The highest BCUT2D eigenvalue weighted by molar-refractivity contribution is 8.01. The van der Waals surface area contributed by atoms with Crippen LogP contribution in [0.4, 0.5) is 5.69 Å². The molecule has 0 fully saturated rings. The quantitative estimate of drug-likeness (QED) is 0.828. The Balaban J connectivity index is 1.90. The smallest absolute Gasteiger partial charge is 0.216 e. The van der Waals surface area contributed by atoms with Gasteiger partial charge in [-0.2, -0.15) is 4.40 Å². The van der Waals surface area contributed by atoms with E-state index in [2.05, 4.69) is 15.0 Å². The van der Waals surface area contributed by atoms with Gasteiger partial charge in [0.25, 0.3) is 0 Å². The summed E-state index contributed by atoms with van der Waals surface area (Å²) < 4.78 is 30.7. The topological polar surface area (TPSA) is 70.6 Å². The van der Waals surface area contributed by atoms with Crippen LogP contribution in [0.1, 0.15) is 13.8 Å². The van der Waals surface area contributed by atoms with E-state index in [1.165, 1.54) is 23.3 Å². The molecule has 0 saturated heterocycles. The predicted octanol–water partition coefficient (Wildman–Crippen LogP) is 3.37. The molecule has 2 heterocycles. The number of thiophene rings is 1. The van der Waals surface area contributed by atoms with Crippen LogP contribution in [0.25, 0.3) is 0 Å². The van der Waals surface area contributed by atoms with Gasteiger partial charge in [-0.1, -0.05) is 18.2 Å². The molecule has 1 aromatic carbocycles. The first kappa shape index (κ1) is 15.4. The number of sulfone groups is 1. The molecule has 0 bridgehead atoms. The molecule has 1 aliphatic heterocycles. The van der Waals surface area contributed by atoms with E-state index in [9.17, 15) is 8.42 Å². The molecular weight excluding hydrogens is 338 g/mol. The molecule has 1 aliphatic rings. The molecule has 0 radical (unpaired) electrons. The summed E-state index contributed by atoms with van der Waals surface area (Å²) in [7, 11) is -3.48. The van der Waals surface area contributed by atoms with E-state index in [4.69, 9.17) is 0 Å². The van der Waals surface area contributed by atoms with Crippen LogP contribution in [-0.2, 0) is 9.84 Å². The van der Waals surface area contributed by atoms with E-state index in [1.807, 2.05) is 13.8 Å². The molecule has 1 aromatic heterocycles. The summed E-state index contributed by atoms with van der Waals surface area (Å²) in [6, 6.07) is 10.4. The zero-order chi connectivity index (χ0) is 15.7. The van der Waals surface area contributed by atoms with Crippen LogP contribution >= 0.6 is 23.3 Å². The molecule has 22 heavy (non-hydrogen) atoms. The van der Waals surface area contributed by atoms with Crippen molar-refractivity contribution in [2.75, 3.05) is 5.32 Å². The number of nitrogens with one attached hydrogen (secondary N) is 2. The third kappa shape index (κ3) is 2.99. The Morgan fingerprint density at radius 3 is 2.64 bits per heavy atom. The van der Waals surface area contributed by atoms with E-state index in [-0.39, 0.29) is 6.04 Å². The summed E-state index contributed by atoms with van der Waals surface area (Å²) in [5.41, 5.74) is 0.780. The molecule has 0 aliphatic carbocycles. The number of anilines is 1. The lowest BCUT2D eigenvalue weighted by Gasteiger charge is -2.17. The van der Waals surface area contributed by atoms with Gasteiger partial charge in [-0.05, 0) is 32.0 Å². The minimum atomic E-state index is -3.48. The van der Waals surface area contributed by atoms with E-state index in [0.29, 0.717) is 15.1 Å². The number of guanidine groups is 1. The minimum Gasteiger partial charge on any atom is -0.353 e. The average molecular weight is 353 g/mol. The fraction of sp³-hybridized carbons (Fsp3) is 0.214. The summed E-state index contributed by atoms with van der Waals surface area (Å²) in [4.78, 5) is 0.306. The molecule has 5 nitrogen and oxygen atoms in total. The highest BCUT2D eigenvalue weighted by atomic mass is 32.2. The molecule has 0 saturated carbocycles. The van der Waals surface area contributed by atoms with Crippen molar-refractivity contribution >= 4 is 44.8 Å². The van der Waals surface area contributed by atoms with Gasteiger partial charge in [0, 0.05) is 18.0 Å². The van der Waals surface area contributed by atoms with E-state index in [1.54, 1.807) is 36.4 Å². The Morgan fingerprint density at radius 2 is 1.95 bits per heavy atom. The van der Waals surface area contributed by atoms with Crippen molar-refractivity contribution in [1.82, 2.24) is 5.32 Å². The molecular formula is C14H15N3O2S3. The second-order valence-corrected chi connectivity index (χ2v) is 9.30. The van der Waals surface area contributed by atoms with Crippen LogP contribution < -0.4 is 10.6 Å². The summed E-state index contributed by atoms with van der Waals surface area (Å²) in [5, 5.41) is 6.31. The molecule has 3 rings (SSSR count). The van der Waals surface area contributed by atoms with Gasteiger partial charge in [0.1, 0.15) is 8.42 Å². The number of nitrogens with zero attached hydrogens (tertiary/aromatic N) is 1. The largest absolute Gasteiger partial charge is 0.353 e. The van der Waals surface area contributed by atoms with Crippen molar-refractivity contribution in [3.05, 3.63) is 36.4 Å². The van der Waals surface area contributed by atoms with Crippen LogP contribution in [0.15, 0.2) is 54.1 Å². The van der Waals surface area contributed by atoms with Crippen LogP contribution in [0.5, 0.6) is 0 Å². The molecule has 116 valence electrons. The van der Waals surface area contributed by atoms with Crippen molar-refractivity contribution in [2.45, 2.75) is 33.2 Å². The lowest BCUT2D eigenvalue weighted by molar-refractivity contribution is 0.598. The van der Waals surface area contributed by atoms with Crippen LogP contribution in [-0.4, -0.2) is 20.4 Å². The summed E-state index contributed by atoms with van der Waals surface area (Å²) >= 11 is 2.52. The van der Waals surface area contributed by atoms with E-state index >= 15 is 0 Å². The standard InChI is InChI=1S/C14H15N3O2S3/c1-9(2)15-14-16-11-8-12(20-13(11)21-17-14)22(18,19)10-6-4-3-5-7-10/h3-9H,1-2H3,(H2,15,16,17). The zero-order valence-electron chi connectivity index (χ0n) is 12.0. The number of rotatable bonds is 3. The summed E-state index contributed by atoms with van der Waals surface area (Å²) in [6.45, 7) is 4.03. The number of fused-ring (bicyclic) bond motifs is 1. The Morgan fingerprint density at radius 1 is 1.23 bits per heavy atom.